The van der Waals surface area contributed by atoms with Crippen molar-refractivity contribution < 1.29 is 23.8 Å². The standard InChI is InChI=1S/C20H26N4O5/c1-23-16(20(26)24-10-6-5-7-11-24)14(12-21-23)22-19(25)13-8-9-15(27-2)18(29-4)17(13)28-3/h8-9,12H,5-7,10-11H2,1-4H3,(H,22,25). The highest BCUT2D eigenvalue weighted by Gasteiger charge is 2.27. The van der Waals surface area contributed by atoms with Gasteiger partial charge >= 0.3 is 0 Å². The normalized spacial score (nSPS) is 13.7. The largest absolute Gasteiger partial charge is 0.493 e. The van der Waals surface area contributed by atoms with E-state index in [0.29, 0.717) is 36.0 Å². The molecular formula is C20H26N4O5. The van der Waals surface area contributed by atoms with E-state index >= 15 is 0 Å². The summed E-state index contributed by atoms with van der Waals surface area (Å²) < 4.78 is 17.5. The zero-order valence-corrected chi connectivity index (χ0v) is 17.2. The zero-order valence-electron chi connectivity index (χ0n) is 17.2. The van der Waals surface area contributed by atoms with E-state index in [2.05, 4.69) is 10.4 Å². The average molecular weight is 402 g/mol. The van der Waals surface area contributed by atoms with Crippen molar-refractivity contribution >= 4 is 17.5 Å². The van der Waals surface area contributed by atoms with Crippen LogP contribution in [0.15, 0.2) is 18.3 Å². The number of likely N-dealkylation sites (tertiary alicyclic amines) is 1. The van der Waals surface area contributed by atoms with Crippen LogP contribution < -0.4 is 19.5 Å². The van der Waals surface area contributed by atoms with Crippen LogP contribution in [0.5, 0.6) is 17.2 Å². The van der Waals surface area contributed by atoms with Crippen LogP contribution in [-0.2, 0) is 7.05 Å². The molecule has 0 saturated carbocycles. The second-order valence-corrected chi connectivity index (χ2v) is 6.72. The molecule has 2 heterocycles. The summed E-state index contributed by atoms with van der Waals surface area (Å²) in [5.74, 6) is 0.432. The number of rotatable bonds is 6. The quantitative estimate of drug-likeness (QED) is 0.797. The molecule has 1 N–H and O–H groups in total. The minimum atomic E-state index is -0.441. The van der Waals surface area contributed by atoms with E-state index in [9.17, 15) is 9.59 Å². The molecule has 0 spiro atoms. The maximum atomic E-state index is 13.0. The molecule has 2 aromatic rings. The summed E-state index contributed by atoms with van der Waals surface area (Å²) in [4.78, 5) is 27.8. The summed E-state index contributed by atoms with van der Waals surface area (Å²) in [5, 5.41) is 6.95. The van der Waals surface area contributed by atoms with Crippen LogP contribution in [0.3, 0.4) is 0 Å². The Morgan fingerprint density at radius 2 is 1.69 bits per heavy atom. The smallest absolute Gasteiger partial charge is 0.274 e. The van der Waals surface area contributed by atoms with E-state index in [-0.39, 0.29) is 17.2 Å². The van der Waals surface area contributed by atoms with Gasteiger partial charge in [-0.1, -0.05) is 0 Å². The first kappa shape index (κ1) is 20.5. The zero-order chi connectivity index (χ0) is 21.0. The molecule has 0 atom stereocenters. The number of aryl methyl sites for hydroxylation is 1. The highest BCUT2D eigenvalue weighted by Crippen LogP contribution is 2.40. The Bertz CT molecular complexity index is 903. The molecule has 1 fully saturated rings. The number of nitrogens with one attached hydrogen (secondary N) is 1. The lowest BCUT2D eigenvalue weighted by atomic mass is 10.1. The highest BCUT2D eigenvalue weighted by molar-refractivity contribution is 6.10. The van der Waals surface area contributed by atoms with E-state index in [1.54, 1.807) is 24.1 Å². The van der Waals surface area contributed by atoms with Gasteiger partial charge in [-0.25, -0.2) is 0 Å². The number of carbonyl (C=O) groups excluding carboxylic acids is 2. The average Bonchev–Trinajstić information content (AvgIpc) is 3.12. The van der Waals surface area contributed by atoms with E-state index in [0.717, 1.165) is 19.3 Å². The predicted molar refractivity (Wildman–Crippen MR) is 107 cm³/mol. The van der Waals surface area contributed by atoms with Crippen LogP contribution in [0, 0.1) is 0 Å². The second-order valence-electron chi connectivity index (χ2n) is 6.72. The Labute approximate surface area is 169 Å². The van der Waals surface area contributed by atoms with Gasteiger partial charge in [0, 0.05) is 20.1 Å². The Balaban J connectivity index is 1.90. The van der Waals surface area contributed by atoms with Gasteiger partial charge < -0.3 is 24.4 Å². The molecule has 156 valence electrons. The van der Waals surface area contributed by atoms with Crippen molar-refractivity contribution in [3.63, 3.8) is 0 Å². The Kier molecular flexibility index (Phi) is 6.26. The fourth-order valence-corrected chi connectivity index (χ4v) is 3.50. The van der Waals surface area contributed by atoms with Crippen LogP contribution in [0.25, 0.3) is 0 Å². The first-order valence-corrected chi connectivity index (χ1v) is 9.43. The molecular weight excluding hydrogens is 376 g/mol. The number of amides is 2. The van der Waals surface area contributed by atoms with Crippen molar-refractivity contribution in [2.24, 2.45) is 7.05 Å². The van der Waals surface area contributed by atoms with Gasteiger partial charge in [0.1, 0.15) is 5.69 Å². The van der Waals surface area contributed by atoms with Gasteiger partial charge in [-0.2, -0.15) is 5.10 Å². The maximum absolute atomic E-state index is 13.0. The molecule has 29 heavy (non-hydrogen) atoms. The number of carbonyl (C=O) groups is 2. The molecule has 0 aliphatic carbocycles. The lowest BCUT2D eigenvalue weighted by molar-refractivity contribution is 0.0714. The minimum Gasteiger partial charge on any atom is -0.493 e. The molecule has 1 aromatic carbocycles. The number of hydrogen-bond acceptors (Lipinski definition) is 6. The minimum absolute atomic E-state index is 0.140. The molecule has 1 aromatic heterocycles. The van der Waals surface area contributed by atoms with Crippen molar-refractivity contribution in [2.45, 2.75) is 19.3 Å². The second kappa shape index (κ2) is 8.85. The van der Waals surface area contributed by atoms with Crippen LogP contribution in [0.4, 0.5) is 5.69 Å². The molecule has 0 bridgehead atoms. The Morgan fingerprint density at radius 3 is 2.31 bits per heavy atom. The van der Waals surface area contributed by atoms with E-state index in [1.807, 2.05) is 0 Å². The number of hydrogen-bond donors (Lipinski definition) is 1. The van der Waals surface area contributed by atoms with Crippen LogP contribution >= 0.6 is 0 Å². The Hall–Kier alpha value is -3.23. The lowest BCUT2D eigenvalue weighted by Crippen LogP contribution is -2.37. The molecule has 2 amide bonds. The van der Waals surface area contributed by atoms with Crippen molar-refractivity contribution in [1.29, 1.82) is 0 Å². The first-order chi connectivity index (χ1) is 14.0. The van der Waals surface area contributed by atoms with Crippen molar-refractivity contribution in [1.82, 2.24) is 14.7 Å². The fourth-order valence-electron chi connectivity index (χ4n) is 3.50. The number of piperidine rings is 1. The van der Waals surface area contributed by atoms with Gasteiger partial charge in [-0.3, -0.25) is 14.3 Å². The summed E-state index contributed by atoms with van der Waals surface area (Å²) >= 11 is 0. The van der Waals surface area contributed by atoms with Crippen LogP contribution in [-0.4, -0.2) is 60.9 Å². The van der Waals surface area contributed by atoms with Gasteiger partial charge in [0.2, 0.25) is 5.75 Å². The summed E-state index contributed by atoms with van der Waals surface area (Å²) in [6.45, 7) is 1.42. The Morgan fingerprint density at radius 1 is 1.00 bits per heavy atom. The van der Waals surface area contributed by atoms with E-state index in [4.69, 9.17) is 14.2 Å². The molecule has 9 nitrogen and oxygen atoms in total. The van der Waals surface area contributed by atoms with Crippen molar-refractivity contribution in [2.75, 3.05) is 39.7 Å². The third kappa shape index (κ3) is 3.98. The fraction of sp³-hybridized carbons (Fsp3) is 0.450. The number of benzene rings is 1. The highest BCUT2D eigenvalue weighted by atomic mass is 16.5. The predicted octanol–water partition coefficient (Wildman–Crippen LogP) is 2.32. The maximum Gasteiger partial charge on any atom is 0.274 e. The van der Waals surface area contributed by atoms with Gasteiger partial charge in [-0.05, 0) is 31.4 Å². The lowest BCUT2D eigenvalue weighted by Gasteiger charge is -2.27. The van der Waals surface area contributed by atoms with E-state index in [1.165, 1.54) is 32.2 Å². The summed E-state index contributed by atoms with van der Waals surface area (Å²) in [6.07, 6.45) is 4.56. The number of anilines is 1. The van der Waals surface area contributed by atoms with Crippen molar-refractivity contribution in [3.8, 4) is 17.2 Å². The molecule has 0 unspecified atom stereocenters. The molecule has 3 rings (SSSR count). The van der Waals surface area contributed by atoms with Crippen LogP contribution in [0.2, 0.25) is 0 Å². The summed E-state index contributed by atoms with van der Waals surface area (Å²) in [6, 6.07) is 3.21. The number of ether oxygens (including phenoxy) is 3. The van der Waals surface area contributed by atoms with E-state index < -0.39 is 5.91 Å². The van der Waals surface area contributed by atoms with Gasteiger partial charge in [0.25, 0.3) is 11.8 Å². The molecule has 1 aliphatic heterocycles. The molecule has 0 radical (unpaired) electrons. The van der Waals surface area contributed by atoms with Gasteiger partial charge in [-0.15, -0.1) is 0 Å². The number of aromatic nitrogens is 2. The third-order valence-corrected chi connectivity index (χ3v) is 4.98. The molecule has 1 saturated heterocycles. The first-order valence-electron chi connectivity index (χ1n) is 9.43. The number of methoxy groups -OCH3 is 3. The van der Waals surface area contributed by atoms with Gasteiger partial charge in [0.05, 0.1) is 38.8 Å². The third-order valence-electron chi connectivity index (χ3n) is 4.98. The SMILES string of the molecule is COc1ccc(C(=O)Nc2cnn(C)c2C(=O)N2CCCCC2)c(OC)c1OC. The van der Waals surface area contributed by atoms with Gasteiger partial charge in [0.15, 0.2) is 11.5 Å². The van der Waals surface area contributed by atoms with Crippen molar-refractivity contribution in [3.05, 3.63) is 29.6 Å². The topological polar surface area (TPSA) is 94.9 Å². The molecule has 9 heteroatoms. The summed E-state index contributed by atoms with van der Waals surface area (Å²) in [7, 11) is 6.11. The summed E-state index contributed by atoms with van der Waals surface area (Å²) in [5.41, 5.74) is 0.954. The number of nitrogens with zero attached hydrogens (tertiary/aromatic N) is 3. The molecule has 1 aliphatic rings. The van der Waals surface area contributed by atoms with Crippen LogP contribution in [0.1, 0.15) is 40.1 Å². The monoisotopic (exact) mass is 402 g/mol.